The highest BCUT2D eigenvalue weighted by molar-refractivity contribution is 6.10. The second kappa shape index (κ2) is 6.93. The fourth-order valence-corrected chi connectivity index (χ4v) is 1.53. The molecule has 0 aliphatic heterocycles. The second-order valence-corrected chi connectivity index (χ2v) is 3.51. The van der Waals surface area contributed by atoms with E-state index in [1.807, 2.05) is 24.3 Å². The number of rotatable bonds is 5. The summed E-state index contributed by atoms with van der Waals surface area (Å²) in [5.41, 5.74) is 4.36. The molecule has 0 radical (unpaired) electrons. The number of nitrogens with zero attached hydrogens (tertiary/aromatic N) is 4. The summed E-state index contributed by atoms with van der Waals surface area (Å²) >= 11 is 0. The highest BCUT2D eigenvalue weighted by Gasteiger charge is 2.01. The normalized spacial score (nSPS) is 8.89. The van der Waals surface area contributed by atoms with E-state index in [-0.39, 0.29) is 5.71 Å². The fourth-order valence-electron chi connectivity index (χ4n) is 1.53. The van der Waals surface area contributed by atoms with Crippen molar-refractivity contribution in [2.24, 2.45) is 5.10 Å². The van der Waals surface area contributed by atoms with Gasteiger partial charge in [-0.2, -0.15) is 15.6 Å². The standard InChI is InChI=1S/C13H15N5/c1-3-18(4-2)13-7-5-11(6-8-13)16-17-12(9-14)10-15/h5-8,16H,3-4H2,1-2H3. The van der Waals surface area contributed by atoms with E-state index in [4.69, 9.17) is 10.5 Å². The van der Waals surface area contributed by atoms with Gasteiger partial charge in [0, 0.05) is 18.8 Å². The maximum Gasteiger partial charge on any atom is 0.237 e. The van der Waals surface area contributed by atoms with E-state index in [2.05, 4.69) is 29.3 Å². The monoisotopic (exact) mass is 241 g/mol. The Kier molecular flexibility index (Phi) is 5.21. The van der Waals surface area contributed by atoms with Gasteiger partial charge in [-0.25, -0.2) is 0 Å². The summed E-state index contributed by atoms with van der Waals surface area (Å²) in [7, 11) is 0. The number of nitrogens with one attached hydrogen (secondary N) is 1. The number of hydrogen-bond donors (Lipinski definition) is 1. The number of nitriles is 2. The highest BCUT2D eigenvalue weighted by Crippen LogP contribution is 2.17. The van der Waals surface area contributed by atoms with E-state index in [0.29, 0.717) is 0 Å². The molecule has 0 fully saturated rings. The van der Waals surface area contributed by atoms with Crippen molar-refractivity contribution in [2.75, 3.05) is 23.4 Å². The fraction of sp³-hybridized carbons (Fsp3) is 0.308. The first-order chi connectivity index (χ1) is 8.74. The quantitative estimate of drug-likeness (QED) is 0.634. The van der Waals surface area contributed by atoms with Crippen LogP contribution in [0.15, 0.2) is 29.4 Å². The van der Waals surface area contributed by atoms with E-state index in [1.54, 1.807) is 12.1 Å². The third-order valence-corrected chi connectivity index (χ3v) is 2.50. The van der Waals surface area contributed by atoms with Crippen LogP contribution in [0.1, 0.15) is 13.8 Å². The Morgan fingerprint density at radius 2 is 1.72 bits per heavy atom. The smallest absolute Gasteiger partial charge is 0.237 e. The minimum Gasteiger partial charge on any atom is -0.372 e. The summed E-state index contributed by atoms with van der Waals surface area (Å²) in [6.45, 7) is 6.11. The molecule has 92 valence electrons. The van der Waals surface area contributed by atoms with Crippen molar-refractivity contribution in [1.29, 1.82) is 10.5 Å². The average Bonchev–Trinajstić information content (AvgIpc) is 2.43. The van der Waals surface area contributed by atoms with Gasteiger partial charge in [0.15, 0.2) is 0 Å². The third kappa shape index (κ3) is 3.50. The van der Waals surface area contributed by atoms with Crippen LogP contribution in [0.4, 0.5) is 11.4 Å². The molecule has 0 saturated heterocycles. The van der Waals surface area contributed by atoms with Gasteiger partial charge in [-0.15, -0.1) is 0 Å². The van der Waals surface area contributed by atoms with Gasteiger partial charge in [0.25, 0.3) is 0 Å². The molecule has 0 aromatic heterocycles. The van der Waals surface area contributed by atoms with Crippen molar-refractivity contribution in [3.8, 4) is 12.1 Å². The first kappa shape index (κ1) is 13.5. The van der Waals surface area contributed by atoms with Crippen LogP contribution in [0.5, 0.6) is 0 Å². The van der Waals surface area contributed by atoms with Crippen LogP contribution in [0.25, 0.3) is 0 Å². The van der Waals surface area contributed by atoms with E-state index in [0.717, 1.165) is 24.5 Å². The van der Waals surface area contributed by atoms with Crippen molar-refractivity contribution in [1.82, 2.24) is 0 Å². The molecule has 0 bridgehead atoms. The lowest BCUT2D eigenvalue weighted by atomic mass is 10.2. The van der Waals surface area contributed by atoms with E-state index in [9.17, 15) is 0 Å². The first-order valence-electron chi connectivity index (χ1n) is 5.74. The molecule has 0 saturated carbocycles. The van der Waals surface area contributed by atoms with Crippen LogP contribution in [0, 0.1) is 22.7 Å². The molecule has 0 atom stereocenters. The lowest BCUT2D eigenvalue weighted by molar-refractivity contribution is 0.866. The van der Waals surface area contributed by atoms with Gasteiger partial charge in [-0.3, -0.25) is 5.43 Å². The predicted octanol–water partition coefficient (Wildman–Crippen LogP) is 2.35. The van der Waals surface area contributed by atoms with Crippen LogP contribution in [0.3, 0.4) is 0 Å². The second-order valence-electron chi connectivity index (χ2n) is 3.51. The molecule has 1 aromatic carbocycles. The molecule has 1 N–H and O–H groups in total. The van der Waals surface area contributed by atoms with Gasteiger partial charge in [0.1, 0.15) is 12.1 Å². The molecule has 0 aliphatic rings. The molecular formula is C13H15N5. The lowest BCUT2D eigenvalue weighted by Crippen LogP contribution is -2.21. The van der Waals surface area contributed by atoms with Crippen molar-refractivity contribution in [2.45, 2.75) is 13.8 Å². The Labute approximate surface area is 107 Å². The Bertz CT molecular complexity index is 470. The first-order valence-corrected chi connectivity index (χ1v) is 5.74. The molecule has 18 heavy (non-hydrogen) atoms. The summed E-state index contributed by atoms with van der Waals surface area (Å²) in [6.07, 6.45) is 0. The van der Waals surface area contributed by atoms with Gasteiger partial charge < -0.3 is 4.90 Å². The van der Waals surface area contributed by atoms with Crippen molar-refractivity contribution in [3.05, 3.63) is 24.3 Å². The number of hydrazone groups is 1. The molecule has 0 aliphatic carbocycles. The SMILES string of the molecule is CCN(CC)c1ccc(NN=C(C#N)C#N)cc1. The van der Waals surface area contributed by atoms with Gasteiger partial charge in [0.05, 0.1) is 5.69 Å². The largest absolute Gasteiger partial charge is 0.372 e. The Morgan fingerprint density at radius 3 is 2.17 bits per heavy atom. The molecule has 0 unspecified atom stereocenters. The molecule has 5 nitrogen and oxygen atoms in total. The zero-order valence-corrected chi connectivity index (χ0v) is 10.5. The Hall–Kier alpha value is -2.53. The summed E-state index contributed by atoms with van der Waals surface area (Å²) in [6, 6.07) is 11.1. The Balaban J connectivity index is 2.76. The third-order valence-electron chi connectivity index (χ3n) is 2.50. The summed E-state index contributed by atoms with van der Waals surface area (Å²) in [4.78, 5) is 2.23. The molecule has 1 aromatic rings. The topological polar surface area (TPSA) is 75.2 Å². The number of benzene rings is 1. The van der Waals surface area contributed by atoms with Gasteiger partial charge in [0.2, 0.25) is 5.71 Å². The Morgan fingerprint density at radius 1 is 1.17 bits per heavy atom. The van der Waals surface area contributed by atoms with Crippen molar-refractivity contribution >= 4 is 17.1 Å². The predicted molar refractivity (Wildman–Crippen MR) is 72.3 cm³/mol. The number of anilines is 2. The van der Waals surface area contributed by atoms with Crippen molar-refractivity contribution in [3.63, 3.8) is 0 Å². The minimum atomic E-state index is -0.192. The molecule has 5 heteroatoms. The maximum absolute atomic E-state index is 8.53. The summed E-state index contributed by atoms with van der Waals surface area (Å²) < 4.78 is 0. The molecule has 1 rings (SSSR count). The zero-order valence-electron chi connectivity index (χ0n) is 10.5. The van der Waals surface area contributed by atoms with Crippen LogP contribution >= 0.6 is 0 Å². The van der Waals surface area contributed by atoms with E-state index in [1.165, 1.54) is 0 Å². The van der Waals surface area contributed by atoms with Gasteiger partial charge >= 0.3 is 0 Å². The van der Waals surface area contributed by atoms with Crippen LogP contribution < -0.4 is 10.3 Å². The summed E-state index contributed by atoms with van der Waals surface area (Å²) in [5.74, 6) is 0. The zero-order chi connectivity index (χ0) is 13.4. The average molecular weight is 241 g/mol. The van der Waals surface area contributed by atoms with Gasteiger partial charge in [-0.1, -0.05) is 0 Å². The van der Waals surface area contributed by atoms with Crippen molar-refractivity contribution < 1.29 is 0 Å². The van der Waals surface area contributed by atoms with E-state index >= 15 is 0 Å². The van der Waals surface area contributed by atoms with Crippen LogP contribution in [-0.2, 0) is 0 Å². The van der Waals surface area contributed by atoms with E-state index < -0.39 is 0 Å². The van der Waals surface area contributed by atoms with Crippen LogP contribution in [0.2, 0.25) is 0 Å². The maximum atomic E-state index is 8.53. The lowest BCUT2D eigenvalue weighted by Gasteiger charge is -2.20. The minimum absolute atomic E-state index is 0.192. The highest BCUT2D eigenvalue weighted by atomic mass is 15.3. The van der Waals surface area contributed by atoms with Crippen LogP contribution in [-0.4, -0.2) is 18.8 Å². The molecule has 0 spiro atoms. The van der Waals surface area contributed by atoms with Gasteiger partial charge in [-0.05, 0) is 38.1 Å². The molecule has 0 amide bonds. The molecular weight excluding hydrogens is 226 g/mol. The number of hydrogen-bond acceptors (Lipinski definition) is 5. The summed E-state index contributed by atoms with van der Waals surface area (Å²) in [5, 5.41) is 20.7. The molecule has 0 heterocycles.